The Morgan fingerprint density at radius 2 is 1.60 bits per heavy atom. The number of carbonyl (C=O) groups excluding carboxylic acids is 1. The summed E-state index contributed by atoms with van der Waals surface area (Å²) in [6, 6.07) is 10.0. The Morgan fingerprint density at radius 3 is 2.19 bits per heavy atom. The van der Waals surface area contributed by atoms with E-state index < -0.39 is 5.60 Å². The quantitative estimate of drug-likeness (QED) is 0.328. The van der Waals surface area contributed by atoms with Gasteiger partial charge >= 0.3 is 0 Å². The van der Waals surface area contributed by atoms with Crippen LogP contribution in [0, 0.1) is 25.1 Å². The minimum Gasteiger partial charge on any atom is -0.490 e. The number of benzene rings is 2. The fourth-order valence-corrected chi connectivity index (χ4v) is 6.39. The highest BCUT2D eigenvalue weighted by atomic mass is 19.1. The third kappa shape index (κ3) is 6.64. The van der Waals surface area contributed by atoms with E-state index >= 15 is 0 Å². The molecule has 2 aliphatic rings. The van der Waals surface area contributed by atoms with Crippen LogP contribution in [0.3, 0.4) is 0 Å². The van der Waals surface area contributed by atoms with E-state index in [1.54, 1.807) is 53.1 Å². The molecule has 1 saturated heterocycles. The highest BCUT2D eigenvalue weighted by molar-refractivity contribution is 5.79. The molecule has 8 heteroatoms. The number of aryl methyl sites for hydroxylation is 3. The van der Waals surface area contributed by atoms with Gasteiger partial charge in [0.2, 0.25) is 5.91 Å². The largest absolute Gasteiger partial charge is 0.490 e. The zero-order valence-corrected chi connectivity index (χ0v) is 26.3. The highest BCUT2D eigenvalue weighted by Crippen LogP contribution is 2.43. The molecule has 43 heavy (non-hydrogen) atoms. The molecule has 230 valence electrons. The van der Waals surface area contributed by atoms with Gasteiger partial charge in [-0.05, 0) is 99.7 Å². The van der Waals surface area contributed by atoms with Crippen LogP contribution in [0.1, 0.15) is 76.5 Å². The zero-order chi connectivity index (χ0) is 31.3. The fourth-order valence-electron chi connectivity index (χ4n) is 6.39. The third-order valence-electron chi connectivity index (χ3n) is 8.73. The second-order valence-electron chi connectivity index (χ2n) is 13.7. The summed E-state index contributed by atoms with van der Waals surface area (Å²) < 4.78 is 28.5. The molecule has 1 N–H and O–H groups in total. The fraction of sp³-hybridized carbons (Fsp3) is 0.486. The number of ether oxygens (including phenoxy) is 2. The molecule has 0 spiro atoms. The maximum absolute atomic E-state index is 14.0. The Hall–Kier alpha value is -3.65. The summed E-state index contributed by atoms with van der Waals surface area (Å²) in [5, 5.41) is 10.9. The number of aliphatic hydroxyl groups is 1. The van der Waals surface area contributed by atoms with Crippen molar-refractivity contribution in [1.29, 1.82) is 0 Å². The minimum absolute atomic E-state index is 0.00582. The molecule has 0 bridgehead atoms. The summed E-state index contributed by atoms with van der Waals surface area (Å²) in [6.07, 6.45) is 5.43. The lowest BCUT2D eigenvalue weighted by molar-refractivity contribution is -0.130. The van der Waals surface area contributed by atoms with E-state index in [9.17, 15) is 19.1 Å². The van der Waals surface area contributed by atoms with Crippen LogP contribution >= 0.6 is 0 Å². The first-order valence-electron chi connectivity index (χ1n) is 15.1. The van der Waals surface area contributed by atoms with Crippen LogP contribution in [-0.2, 0) is 17.4 Å². The van der Waals surface area contributed by atoms with Gasteiger partial charge in [-0.2, -0.15) is 0 Å². The van der Waals surface area contributed by atoms with Gasteiger partial charge < -0.3 is 24.0 Å². The molecule has 2 heterocycles. The monoisotopic (exact) mass is 590 g/mol. The van der Waals surface area contributed by atoms with Gasteiger partial charge in [-0.3, -0.25) is 9.59 Å². The van der Waals surface area contributed by atoms with Crippen LogP contribution in [0.15, 0.2) is 47.4 Å². The number of pyridine rings is 1. The van der Waals surface area contributed by atoms with Gasteiger partial charge in [-0.1, -0.05) is 19.9 Å². The molecule has 5 rings (SSSR count). The predicted molar refractivity (Wildman–Crippen MR) is 165 cm³/mol. The zero-order valence-electron chi connectivity index (χ0n) is 26.3. The van der Waals surface area contributed by atoms with Crippen molar-refractivity contribution in [3.63, 3.8) is 0 Å². The Balaban J connectivity index is 1.48. The molecule has 0 unspecified atom stereocenters. The van der Waals surface area contributed by atoms with Crippen molar-refractivity contribution >= 4 is 5.91 Å². The van der Waals surface area contributed by atoms with Crippen molar-refractivity contribution in [3.8, 4) is 28.4 Å². The summed E-state index contributed by atoms with van der Waals surface area (Å²) in [7, 11) is 1.68. The molecule has 1 aromatic heterocycles. The van der Waals surface area contributed by atoms with Gasteiger partial charge in [0.1, 0.15) is 23.1 Å². The van der Waals surface area contributed by atoms with Gasteiger partial charge in [0.05, 0.1) is 11.7 Å². The molecule has 1 aliphatic heterocycles. The Morgan fingerprint density at radius 1 is 0.953 bits per heavy atom. The maximum atomic E-state index is 14.0. The highest BCUT2D eigenvalue weighted by Gasteiger charge is 2.40. The molecule has 1 aliphatic carbocycles. The van der Waals surface area contributed by atoms with Gasteiger partial charge in [0.25, 0.3) is 5.56 Å². The number of amides is 1. The predicted octanol–water partition coefficient (Wildman–Crippen LogP) is 6.78. The molecule has 3 aromatic rings. The van der Waals surface area contributed by atoms with Crippen molar-refractivity contribution < 1.29 is 23.8 Å². The van der Waals surface area contributed by atoms with Gasteiger partial charge in [-0.25, -0.2) is 4.39 Å². The normalized spacial score (nSPS) is 20.4. The third-order valence-corrected chi connectivity index (χ3v) is 8.73. The summed E-state index contributed by atoms with van der Waals surface area (Å²) in [6.45, 7) is 12.1. The van der Waals surface area contributed by atoms with Crippen LogP contribution in [0.2, 0.25) is 0 Å². The van der Waals surface area contributed by atoms with Gasteiger partial charge in [0, 0.05) is 49.4 Å². The standard InChI is InChI=1S/C35H43FN2O5/c1-21-14-24(36)15-22(2)33(21)43-29-13-8-23(35(5,6)41)16-27(29)28-19-37(7)31(39)17-30(28)42-26-11-9-25(10-12-26)38-20-34(3,4)18-32(38)40/h8,13-17,19,25-26,41H,9-12,18,20H2,1-7H3. The van der Waals surface area contributed by atoms with Crippen LogP contribution in [0.25, 0.3) is 11.1 Å². The van der Waals surface area contributed by atoms with Crippen molar-refractivity contribution in [2.24, 2.45) is 12.5 Å². The Kier molecular flexibility index (Phi) is 8.20. The number of rotatable bonds is 7. The number of hydrogen-bond donors (Lipinski definition) is 1. The molecule has 0 radical (unpaired) electrons. The average molecular weight is 591 g/mol. The number of aromatic nitrogens is 1. The molecule has 1 saturated carbocycles. The average Bonchev–Trinajstić information content (AvgIpc) is 3.20. The number of carbonyl (C=O) groups is 1. The lowest BCUT2D eigenvalue weighted by atomic mass is 9.90. The number of halogens is 1. The Labute approximate surface area is 253 Å². The first kappa shape index (κ1) is 30.8. The van der Waals surface area contributed by atoms with E-state index in [2.05, 4.69) is 13.8 Å². The second kappa shape index (κ2) is 11.5. The molecular formula is C35H43FN2O5. The summed E-state index contributed by atoms with van der Waals surface area (Å²) >= 11 is 0. The SMILES string of the molecule is Cc1cc(F)cc(C)c1Oc1ccc(C(C)(C)O)cc1-c1cn(C)c(=O)cc1OC1CCC(N2CC(C)(C)CC2=O)CC1. The van der Waals surface area contributed by atoms with E-state index in [1.807, 2.05) is 11.0 Å². The van der Waals surface area contributed by atoms with Gasteiger partial charge in [0.15, 0.2) is 0 Å². The molecule has 2 aromatic carbocycles. The smallest absolute Gasteiger partial charge is 0.254 e. The van der Waals surface area contributed by atoms with Crippen molar-refractivity contribution in [1.82, 2.24) is 9.47 Å². The van der Waals surface area contributed by atoms with E-state index in [-0.39, 0.29) is 34.8 Å². The molecule has 1 amide bonds. The van der Waals surface area contributed by atoms with E-state index in [1.165, 1.54) is 22.8 Å². The van der Waals surface area contributed by atoms with Crippen molar-refractivity contribution in [3.05, 3.63) is 75.5 Å². The van der Waals surface area contributed by atoms with E-state index in [4.69, 9.17) is 9.47 Å². The summed E-state index contributed by atoms with van der Waals surface area (Å²) in [5.74, 6) is 1.38. The number of nitrogens with zero attached hydrogens (tertiary/aromatic N) is 2. The van der Waals surface area contributed by atoms with Crippen LogP contribution in [-0.4, -0.2) is 39.2 Å². The second-order valence-corrected chi connectivity index (χ2v) is 13.7. The lowest BCUT2D eigenvalue weighted by Gasteiger charge is -2.35. The summed E-state index contributed by atoms with van der Waals surface area (Å²) in [4.78, 5) is 27.6. The first-order valence-corrected chi connectivity index (χ1v) is 15.1. The van der Waals surface area contributed by atoms with Crippen LogP contribution < -0.4 is 15.0 Å². The number of likely N-dealkylation sites (tertiary alicyclic amines) is 1. The van der Waals surface area contributed by atoms with E-state index in [0.717, 1.165) is 32.2 Å². The van der Waals surface area contributed by atoms with Crippen molar-refractivity contribution in [2.45, 2.75) is 91.4 Å². The van der Waals surface area contributed by atoms with Crippen LogP contribution in [0.5, 0.6) is 17.2 Å². The number of hydrogen-bond acceptors (Lipinski definition) is 5. The lowest BCUT2D eigenvalue weighted by Crippen LogP contribution is -2.41. The molecule has 0 atom stereocenters. The van der Waals surface area contributed by atoms with Gasteiger partial charge in [-0.15, -0.1) is 0 Å². The molecule has 2 fully saturated rings. The minimum atomic E-state index is -1.13. The topological polar surface area (TPSA) is 81.0 Å². The molecule has 7 nitrogen and oxygen atoms in total. The first-order chi connectivity index (χ1) is 20.1. The maximum Gasteiger partial charge on any atom is 0.254 e. The van der Waals surface area contributed by atoms with Crippen LogP contribution in [0.4, 0.5) is 4.39 Å². The van der Waals surface area contributed by atoms with Crippen molar-refractivity contribution in [2.75, 3.05) is 6.54 Å². The summed E-state index contributed by atoms with van der Waals surface area (Å²) in [5.41, 5.74) is 1.95. The Bertz CT molecular complexity index is 1570. The van der Waals surface area contributed by atoms with E-state index in [0.29, 0.717) is 51.5 Å². The molecular weight excluding hydrogens is 547 g/mol.